The molecule has 0 aliphatic carbocycles. The summed E-state index contributed by atoms with van der Waals surface area (Å²) < 4.78 is 5.02. The van der Waals surface area contributed by atoms with Crippen LogP contribution in [0.4, 0.5) is 11.6 Å². The van der Waals surface area contributed by atoms with Crippen molar-refractivity contribution in [1.29, 1.82) is 0 Å². The molecule has 2 aromatic rings. The van der Waals surface area contributed by atoms with Crippen LogP contribution < -0.4 is 10.1 Å². The highest BCUT2D eigenvalue weighted by Crippen LogP contribution is 2.20. The summed E-state index contributed by atoms with van der Waals surface area (Å²) in [5.41, 5.74) is 1.16. The lowest BCUT2D eigenvalue weighted by molar-refractivity contribution is -0.402. The van der Waals surface area contributed by atoms with Crippen LogP contribution in [0.15, 0.2) is 40.8 Å². The van der Waals surface area contributed by atoms with Gasteiger partial charge in [0.25, 0.3) is 5.91 Å². The highest BCUT2D eigenvalue weighted by atomic mass is 28.3. The second kappa shape index (κ2) is 6.95. The van der Waals surface area contributed by atoms with Crippen molar-refractivity contribution >= 4 is 30.7 Å². The van der Waals surface area contributed by atoms with Gasteiger partial charge in [-0.3, -0.25) is 14.9 Å². The number of benzene rings is 1. The molecule has 7 nitrogen and oxygen atoms in total. The van der Waals surface area contributed by atoms with Gasteiger partial charge in [-0.1, -0.05) is 37.0 Å². The smallest absolute Gasteiger partial charge is 0.395 e. The third-order valence-corrected chi connectivity index (χ3v) is 6.71. The van der Waals surface area contributed by atoms with Gasteiger partial charge in [-0.15, -0.1) is 0 Å². The third kappa shape index (κ3) is 3.80. The summed E-state index contributed by atoms with van der Waals surface area (Å²) in [6, 6.07) is 11.3. The van der Waals surface area contributed by atoms with Crippen molar-refractivity contribution in [2.75, 3.05) is 31.1 Å². The zero-order chi connectivity index (χ0) is 18.9. The summed E-state index contributed by atoms with van der Waals surface area (Å²) in [6.07, 6.45) is 0. The summed E-state index contributed by atoms with van der Waals surface area (Å²) >= 11 is 0. The maximum atomic E-state index is 12.4. The number of carbonyl (C=O) groups excluding carboxylic acids is 1. The molecule has 1 aromatic carbocycles. The molecule has 138 valence electrons. The van der Waals surface area contributed by atoms with Gasteiger partial charge in [-0.05, 0) is 18.2 Å². The number of amides is 1. The lowest BCUT2D eigenvalue weighted by Crippen LogP contribution is -2.48. The fourth-order valence-electron chi connectivity index (χ4n) is 3.04. The van der Waals surface area contributed by atoms with Gasteiger partial charge in [0.2, 0.25) is 0 Å². The van der Waals surface area contributed by atoms with Crippen molar-refractivity contribution in [1.82, 2.24) is 4.90 Å². The van der Waals surface area contributed by atoms with Gasteiger partial charge < -0.3 is 14.2 Å². The number of nitrogens with zero attached hydrogens (tertiary/aromatic N) is 3. The zero-order valence-corrected chi connectivity index (χ0v) is 16.3. The Balaban J connectivity index is 1.61. The molecule has 0 N–H and O–H groups in total. The number of hydrogen-bond donors (Lipinski definition) is 0. The Hall–Kier alpha value is -2.61. The van der Waals surface area contributed by atoms with Gasteiger partial charge in [0.15, 0.2) is 5.76 Å². The predicted octanol–water partition coefficient (Wildman–Crippen LogP) is 2.70. The van der Waals surface area contributed by atoms with Gasteiger partial charge >= 0.3 is 5.88 Å². The van der Waals surface area contributed by atoms with E-state index in [9.17, 15) is 14.9 Å². The summed E-state index contributed by atoms with van der Waals surface area (Å²) in [5.74, 6) is -0.689. The van der Waals surface area contributed by atoms with Gasteiger partial charge in [0, 0.05) is 31.9 Å². The number of furan rings is 1. The largest absolute Gasteiger partial charge is 0.433 e. The Labute approximate surface area is 153 Å². The lowest BCUT2D eigenvalue weighted by Gasteiger charge is -2.36. The van der Waals surface area contributed by atoms with E-state index >= 15 is 0 Å². The van der Waals surface area contributed by atoms with Gasteiger partial charge in [0.1, 0.15) is 4.92 Å². The summed E-state index contributed by atoms with van der Waals surface area (Å²) in [7, 11) is -1.31. The van der Waals surface area contributed by atoms with Crippen LogP contribution in [0.5, 0.6) is 0 Å². The average Bonchev–Trinajstić information content (AvgIpc) is 3.11. The molecule has 1 aromatic heterocycles. The molecule has 1 fully saturated rings. The minimum absolute atomic E-state index is 0.0182. The molecule has 1 saturated heterocycles. The maximum absolute atomic E-state index is 12.4. The standard InChI is InChI=1S/C18H23N3O4Si/c1-26(2,3)15-6-4-14(5-7-15)19-10-12-20(13-11-19)18(22)16-8-9-17(25-16)21(23)24/h4-9H,10-13H2,1-3H3. The molecule has 0 saturated carbocycles. The van der Waals surface area contributed by atoms with Crippen molar-refractivity contribution in [3.8, 4) is 0 Å². The molecular formula is C18H23N3O4Si. The Morgan fingerprint density at radius 1 is 1.04 bits per heavy atom. The minimum Gasteiger partial charge on any atom is -0.395 e. The molecule has 0 unspecified atom stereocenters. The maximum Gasteiger partial charge on any atom is 0.433 e. The van der Waals surface area contributed by atoms with Crippen LogP contribution in [-0.4, -0.2) is 50.0 Å². The molecule has 2 heterocycles. The highest BCUT2D eigenvalue weighted by Gasteiger charge is 2.26. The third-order valence-electron chi connectivity index (χ3n) is 4.65. The van der Waals surface area contributed by atoms with Gasteiger partial charge in [-0.2, -0.15) is 0 Å². The highest BCUT2D eigenvalue weighted by molar-refractivity contribution is 6.88. The normalized spacial score (nSPS) is 15.2. The number of nitro groups is 1. The SMILES string of the molecule is C[Si](C)(C)c1ccc(N2CCN(C(=O)c3ccc([N+](=O)[O-])o3)CC2)cc1. The van der Waals surface area contributed by atoms with E-state index in [2.05, 4.69) is 48.8 Å². The van der Waals surface area contributed by atoms with Crippen molar-refractivity contribution in [2.45, 2.75) is 19.6 Å². The van der Waals surface area contributed by atoms with Crippen LogP contribution >= 0.6 is 0 Å². The number of piperazine rings is 1. The first-order chi connectivity index (χ1) is 12.3. The summed E-state index contributed by atoms with van der Waals surface area (Å²) in [4.78, 5) is 26.4. The number of carbonyl (C=O) groups is 1. The van der Waals surface area contributed by atoms with E-state index in [1.807, 2.05) is 0 Å². The Bertz CT molecular complexity index is 803. The second-order valence-corrected chi connectivity index (χ2v) is 12.5. The molecule has 0 bridgehead atoms. The molecule has 1 aliphatic rings. The van der Waals surface area contributed by atoms with Crippen LogP contribution in [0, 0.1) is 10.1 Å². The van der Waals surface area contributed by atoms with E-state index in [0.29, 0.717) is 13.1 Å². The van der Waals surface area contributed by atoms with E-state index in [1.165, 1.54) is 17.3 Å². The van der Waals surface area contributed by atoms with Crippen molar-refractivity contribution in [3.63, 3.8) is 0 Å². The quantitative estimate of drug-likeness (QED) is 0.468. The molecule has 0 atom stereocenters. The first-order valence-electron chi connectivity index (χ1n) is 8.65. The topological polar surface area (TPSA) is 79.8 Å². The van der Waals surface area contributed by atoms with E-state index in [1.54, 1.807) is 4.90 Å². The molecule has 0 spiro atoms. The van der Waals surface area contributed by atoms with Crippen molar-refractivity contribution < 1.29 is 14.1 Å². The molecule has 8 heteroatoms. The molecule has 1 aliphatic heterocycles. The fourth-order valence-corrected chi connectivity index (χ4v) is 4.20. The van der Waals surface area contributed by atoms with Gasteiger partial charge in [0.05, 0.1) is 14.1 Å². The van der Waals surface area contributed by atoms with Crippen LogP contribution in [0.3, 0.4) is 0 Å². The first kappa shape index (κ1) is 18.2. The van der Waals surface area contributed by atoms with Crippen LogP contribution in [0.2, 0.25) is 19.6 Å². The van der Waals surface area contributed by atoms with E-state index < -0.39 is 18.9 Å². The predicted molar refractivity (Wildman–Crippen MR) is 103 cm³/mol. The molecular weight excluding hydrogens is 350 g/mol. The zero-order valence-electron chi connectivity index (χ0n) is 15.3. The number of rotatable bonds is 4. The van der Waals surface area contributed by atoms with Crippen LogP contribution in [0.1, 0.15) is 10.6 Å². The number of hydrogen-bond acceptors (Lipinski definition) is 5. The second-order valence-electron chi connectivity index (χ2n) is 7.47. The molecule has 26 heavy (non-hydrogen) atoms. The fraction of sp³-hybridized carbons (Fsp3) is 0.389. The first-order valence-corrected chi connectivity index (χ1v) is 12.1. The summed E-state index contributed by atoms with van der Waals surface area (Å²) in [5, 5.41) is 12.1. The Morgan fingerprint density at radius 3 is 2.15 bits per heavy atom. The molecule has 3 rings (SSSR count). The lowest BCUT2D eigenvalue weighted by atomic mass is 10.2. The summed E-state index contributed by atoms with van der Waals surface area (Å²) in [6.45, 7) is 9.54. The number of anilines is 1. The van der Waals surface area contributed by atoms with E-state index in [0.717, 1.165) is 18.8 Å². The van der Waals surface area contributed by atoms with Crippen LogP contribution in [0.25, 0.3) is 0 Å². The van der Waals surface area contributed by atoms with Crippen molar-refractivity contribution in [2.24, 2.45) is 0 Å². The molecule has 0 radical (unpaired) electrons. The van der Waals surface area contributed by atoms with E-state index in [-0.39, 0.29) is 11.7 Å². The minimum atomic E-state index is -1.31. The monoisotopic (exact) mass is 373 g/mol. The van der Waals surface area contributed by atoms with Crippen LogP contribution in [-0.2, 0) is 0 Å². The van der Waals surface area contributed by atoms with Gasteiger partial charge in [-0.25, -0.2) is 0 Å². The Morgan fingerprint density at radius 2 is 1.65 bits per heavy atom. The Kier molecular flexibility index (Phi) is 4.86. The average molecular weight is 373 g/mol. The van der Waals surface area contributed by atoms with Crippen molar-refractivity contribution in [3.05, 3.63) is 52.3 Å². The van der Waals surface area contributed by atoms with E-state index in [4.69, 9.17) is 4.42 Å². The molecule has 1 amide bonds.